The number of rotatable bonds is 10. The zero-order chi connectivity index (χ0) is 35.4. The number of ether oxygens (including phenoxy) is 2. The Kier molecular flexibility index (Phi) is 10.6. The van der Waals surface area contributed by atoms with E-state index in [2.05, 4.69) is 150 Å². The lowest BCUT2D eigenvalue weighted by Crippen LogP contribution is -2.16. The van der Waals surface area contributed by atoms with E-state index in [1.165, 1.54) is 78.1 Å². The summed E-state index contributed by atoms with van der Waals surface area (Å²) in [5.74, 6) is 1.76. The number of hydrogen-bond acceptors (Lipinski definition) is 3. The number of nitrogens with zero attached hydrogens (tertiary/aromatic N) is 1. The molecule has 0 fully saturated rings. The molecule has 0 saturated carbocycles. The lowest BCUT2D eigenvalue weighted by atomic mass is 9.84. The van der Waals surface area contributed by atoms with Crippen molar-refractivity contribution in [3.8, 4) is 5.75 Å². The minimum absolute atomic E-state index is 0.638. The summed E-state index contributed by atoms with van der Waals surface area (Å²) in [4.78, 5) is 2.36. The monoisotopic (exact) mass is 661 g/mol. The lowest BCUT2D eigenvalue weighted by Gasteiger charge is -2.26. The van der Waals surface area contributed by atoms with Crippen molar-refractivity contribution in [2.75, 3.05) is 18.1 Å². The van der Waals surface area contributed by atoms with E-state index in [9.17, 15) is 0 Å². The van der Waals surface area contributed by atoms with Crippen LogP contribution in [-0.2, 0) is 4.74 Å². The van der Waals surface area contributed by atoms with E-state index in [1.807, 2.05) is 13.8 Å². The van der Waals surface area contributed by atoms with Crippen LogP contribution in [0, 0.1) is 13.8 Å². The first kappa shape index (κ1) is 34.8. The number of anilines is 1. The molecule has 0 aliphatic heterocycles. The second-order valence-corrected chi connectivity index (χ2v) is 12.9. The van der Waals surface area contributed by atoms with Gasteiger partial charge in [-0.15, -0.1) is 0 Å². The van der Waals surface area contributed by atoms with Crippen molar-refractivity contribution in [2.45, 2.75) is 74.7 Å². The molecule has 0 saturated heterocycles. The summed E-state index contributed by atoms with van der Waals surface area (Å²) in [7, 11) is 0. The van der Waals surface area contributed by atoms with E-state index < -0.39 is 0 Å². The number of hydrogen-bond donors (Lipinski definition) is 0. The van der Waals surface area contributed by atoms with E-state index in [4.69, 9.17) is 9.47 Å². The van der Waals surface area contributed by atoms with Crippen LogP contribution >= 0.6 is 0 Å². The molecule has 256 valence electrons. The predicted molar refractivity (Wildman–Crippen MR) is 215 cm³/mol. The minimum atomic E-state index is 0.638. The summed E-state index contributed by atoms with van der Waals surface area (Å²) in [6.45, 7) is 18.8. The fourth-order valence-corrected chi connectivity index (χ4v) is 8.05. The van der Waals surface area contributed by atoms with Crippen LogP contribution in [-0.4, -0.2) is 13.2 Å². The molecule has 4 aliphatic carbocycles. The minimum Gasteiger partial charge on any atom is -0.494 e. The molecule has 4 aliphatic rings. The summed E-state index contributed by atoms with van der Waals surface area (Å²) < 4.78 is 11.7. The third-order valence-corrected chi connectivity index (χ3v) is 10.0. The molecule has 0 atom stereocenters. The maximum atomic E-state index is 5.88. The number of fused-ring (bicyclic) bond motifs is 4. The van der Waals surface area contributed by atoms with E-state index in [1.54, 1.807) is 0 Å². The Balaban J connectivity index is 1.60. The molecule has 2 aromatic rings. The summed E-state index contributed by atoms with van der Waals surface area (Å²) in [6.07, 6.45) is 31.8. The van der Waals surface area contributed by atoms with Crippen LogP contribution in [0.2, 0.25) is 0 Å². The Morgan fingerprint density at radius 1 is 0.740 bits per heavy atom. The molecule has 3 nitrogen and oxygen atoms in total. The van der Waals surface area contributed by atoms with Gasteiger partial charge in [0.1, 0.15) is 11.5 Å². The molecule has 0 bridgehead atoms. The van der Waals surface area contributed by atoms with Crippen molar-refractivity contribution in [2.24, 2.45) is 0 Å². The van der Waals surface area contributed by atoms with Gasteiger partial charge in [-0.3, -0.25) is 0 Å². The Morgan fingerprint density at radius 2 is 1.44 bits per heavy atom. The molecule has 0 amide bonds. The second kappa shape index (κ2) is 15.3. The van der Waals surface area contributed by atoms with Crippen molar-refractivity contribution in [1.82, 2.24) is 0 Å². The molecule has 0 N–H and O–H groups in total. The van der Waals surface area contributed by atoms with Crippen LogP contribution in [0.1, 0.15) is 94.2 Å². The maximum Gasteiger partial charge on any atom is 0.119 e. The van der Waals surface area contributed by atoms with Gasteiger partial charge in [-0.25, -0.2) is 0 Å². The van der Waals surface area contributed by atoms with Gasteiger partial charge in [0, 0.05) is 24.0 Å². The Morgan fingerprint density at radius 3 is 2.12 bits per heavy atom. The van der Waals surface area contributed by atoms with Gasteiger partial charge in [-0.2, -0.15) is 0 Å². The summed E-state index contributed by atoms with van der Waals surface area (Å²) >= 11 is 0. The smallest absolute Gasteiger partial charge is 0.119 e. The van der Waals surface area contributed by atoms with Crippen LogP contribution in [0.5, 0.6) is 5.75 Å². The van der Waals surface area contributed by atoms with Gasteiger partial charge in [-0.05, 0) is 176 Å². The van der Waals surface area contributed by atoms with Crippen LogP contribution in [0.3, 0.4) is 0 Å². The molecule has 50 heavy (non-hydrogen) atoms. The Labute approximate surface area is 300 Å². The van der Waals surface area contributed by atoms with E-state index in [-0.39, 0.29) is 0 Å². The lowest BCUT2D eigenvalue weighted by molar-refractivity contribution is 0.242. The molecular formula is C47H51NO2. The fourth-order valence-electron chi connectivity index (χ4n) is 8.05. The molecule has 3 heteroatoms. The third-order valence-electron chi connectivity index (χ3n) is 10.0. The Hall–Kier alpha value is -5.02. The SMILES string of the molecule is C/C=C\C1=C2C(=CC=CC/C2=C\N(C2=CC=C(OCC)C=CC2)c2ccc(OCC)cc2)c2c(C)c3c(c(C)c21)C(/C=C\C)=C(CC)C/3=C\C. The molecule has 0 spiro atoms. The van der Waals surface area contributed by atoms with Crippen LogP contribution in [0.25, 0.3) is 22.3 Å². The first-order valence-corrected chi connectivity index (χ1v) is 18.3. The molecule has 2 aromatic carbocycles. The Bertz CT molecular complexity index is 2030. The normalized spacial score (nSPS) is 18.4. The largest absolute Gasteiger partial charge is 0.494 e. The maximum absolute atomic E-state index is 5.88. The summed E-state index contributed by atoms with van der Waals surface area (Å²) in [6, 6.07) is 8.47. The van der Waals surface area contributed by atoms with Crippen molar-refractivity contribution in [1.29, 1.82) is 0 Å². The summed E-state index contributed by atoms with van der Waals surface area (Å²) in [5.41, 5.74) is 19.9. The molecular weight excluding hydrogens is 611 g/mol. The van der Waals surface area contributed by atoms with Crippen molar-refractivity contribution in [3.05, 3.63) is 165 Å². The predicted octanol–water partition coefficient (Wildman–Crippen LogP) is 12.7. The fraction of sp³-hybridized carbons (Fsp3) is 0.277. The quantitative estimate of drug-likeness (QED) is 0.253. The van der Waals surface area contributed by atoms with Crippen molar-refractivity contribution >= 4 is 28.0 Å². The van der Waals surface area contributed by atoms with Gasteiger partial charge in [0.25, 0.3) is 0 Å². The van der Waals surface area contributed by atoms with E-state index in [0.29, 0.717) is 13.2 Å². The molecule has 0 aromatic heterocycles. The zero-order valence-electron chi connectivity index (χ0n) is 31.1. The first-order chi connectivity index (χ1) is 24.4. The molecule has 0 radical (unpaired) electrons. The highest BCUT2D eigenvalue weighted by Crippen LogP contribution is 2.56. The topological polar surface area (TPSA) is 21.7 Å². The van der Waals surface area contributed by atoms with Gasteiger partial charge >= 0.3 is 0 Å². The highest BCUT2D eigenvalue weighted by atomic mass is 16.5. The second-order valence-electron chi connectivity index (χ2n) is 12.9. The van der Waals surface area contributed by atoms with E-state index in [0.717, 1.165) is 36.5 Å². The van der Waals surface area contributed by atoms with E-state index >= 15 is 0 Å². The third kappa shape index (κ3) is 6.15. The average Bonchev–Trinajstić information content (AvgIpc) is 3.38. The van der Waals surface area contributed by atoms with Crippen molar-refractivity contribution in [3.63, 3.8) is 0 Å². The first-order valence-electron chi connectivity index (χ1n) is 18.3. The van der Waals surface area contributed by atoms with Crippen LogP contribution in [0.4, 0.5) is 5.69 Å². The van der Waals surface area contributed by atoms with Crippen LogP contribution < -0.4 is 9.64 Å². The number of allylic oxidation sites excluding steroid dienone is 19. The zero-order valence-corrected chi connectivity index (χ0v) is 31.1. The van der Waals surface area contributed by atoms with Crippen molar-refractivity contribution < 1.29 is 9.47 Å². The highest BCUT2D eigenvalue weighted by molar-refractivity contribution is 6.13. The van der Waals surface area contributed by atoms with Gasteiger partial charge in [0.15, 0.2) is 0 Å². The molecule has 0 heterocycles. The van der Waals surface area contributed by atoms with Crippen LogP contribution in [0.15, 0.2) is 132 Å². The highest BCUT2D eigenvalue weighted by Gasteiger charge is 2.37. The standard InChI is InChI=1S/C47H51NO2/c1-9-18-40-38(11-3)39(12-4)43-31(7)46-42-23-16-15-20-33(47(42)41(19-10-2)45(46)32(8)44(40)43)30-48(35-25-28-37(29-26-35)50-14-6)34-21-17-22-36(27-24-34)49-13-5/h9-10,12,15-19,22-30H,11,13-14,20-21H2,1-8H3/b18-9-,19-10-,33-30+,39-12+. The van der Waals surface area contributed by atoms with Gasteiger partial charge in [0.05, 0.1) is 13.2 Å². The average molecular weight is 662 g/mol. The number of benzene rings is 2. The van der Waals surface area contributed by atoms with Gasteiger partial charge in [0.2, 0.25) is 0 Å². The van der Waals surface area contributed by atoms with Gasteiger partial charge in [-0.1, -0.05) is 61.6 Å². The van der Waals surface area contributed by atoms with Gasteiger partial charge < -0.3 is 14.4 Å². The molecule has 6 rings (SSSR count). The summed E-state index contributed by atoms with van der Waals surface area (Å²) in [5, 5.41) is 0. The molecule has 0 unspecified atom stereocenters.